The van der Waals surface area contributed by atoms with E-state index in [1.165, 1.54) is 64.2 Å². The van der Waals surface area contributed by atoms with Gasteiger partial charge in [0.25, 0.3) is 0 Å². The van der Waals surface area contributed by atoms with Crippen LogP contribution in [-0.4, -0.2) is 32.3 Å². The van der Waals surface area contributed by atoms with Crippen LogP contribution in [0.1, 0.15) is 105 Å². The van der Waals surface area contributed by atoms with Crippen molar-refractivity contribution in [1.29, 1.82) is 0 Å². The van der Waals surface area contributed by atoms with E-state index in [4.69, 9.17) is 4.43 Å². The van der Waals surface area contributed by atoms with Gasteiger partial charge in [-0.15, -0.1) is 0 Å². The molecule has 0 aliphatic carbocycles. The molecule has 0 aliphatic heterocycles. The van der Waals surface area contributed by atoms with Gasteiger partial charge < -0.3 is 0 Å². The van der Waals surface area contributed by atoms with E-state index in [1.54, 1.807) is 13.3 Å². The van der Waals surface area contributed by atoms with Gasteiger partial charge in [-0.2, -0.15) is 0 Å². The van der Waals surface area contributed by atoms with Crippen LogP contribution < -0.4 is 0 Å². The van der Waals surface area contributed by atoms with E-state index in [-0.39, 0.29) is 5.60 Å². The molecule has 3 heteroatoms. The fraction of sp³-hybridized carbons (Fsp3) is 0.920. The van der Waals surface area contributed by atoms with E-state index >= 15 is 0 Å². The van der Waals surface area contributed by atoms with E-state index in [2.05, 4.69) is 64.4 Å². The molecule has 0 bridgehead atoms. The Morgan fingerprint density at radius 3 is 1.61 bits per heavy atom. The summed E-state index contributed by atoms with van der Waals surface area (Å²) in [5, 5.41) is 0. The summed E-state index contributed by atoms with van der Waals surface area (Å²) >= 11 is -2.15. The van der Waals surface area contributed by atoms with Crippen LogP contribution in [0.5, 0.6) is 0 Å². The molecular weight excluding hydrogens is 463 g/mol. The molecule has 0 N–H and O–H groups in total. The summed E-state index contributed by atoms with van der Waals surface area (Å²) in [4.78, 5) is 0. The van der Waals surface area contributed by atoms with Crippen LogP contribution in [0.3, 0.4) is 0 Å². The molecule has 0 saturated heterocycles. The first-order valence-corrected chi connectivity index (χ1v) is 23.6. The summed E-state index contributed by atoms with van der Waals surface area (Å²) in [6.07, 6.45) is 17.3. The third kappa shape index (κ3) is 13.8. The first-order chi connectivity index (χ1) is 13.2. The summed E-state index contributed by atoms with van der Waals surface area (Å²) in [7, 11) is -1.53. The SMILES string of the molecule is CCCCCC(C)(C/C=[CH]/[Sn]([CH2]CCC)([CH2]CCC)[CH2]CCC)O[Si](C)(C)C. The van der Waals surface area contributed by atoms with Gasteiger partial charge in [0.05, 0.1) is 0 Å². The molecule has 0 aromatic carbocycles. The molecule has 0 rings (SSSR count). The summed E-state index contributed by atoms with van der Waals surface area (Å²) in [5.41, 5.74) is 0.0496. The molecule has 0 fully saturated rings. The van der Waals surface area contributed by atoms with Gasteiger partial charge in [0.1, 0.15) is 0 Å². The molecule has 0 amide bonds. The normalized spacial score (nSPS) is 15.3. The number of hydrogen-bond acceptors (Lipinski definition) is 1. The molecule has 0 radical (unpaired) electrons. The van der Waals surface area contributed by atoms with Gasteiger partial charge in [0, 0.05) is 0 Å². The summed E-state index contributed by atoms with van der Waals surface area (Å²) in [6.45, 7) is 18.8. The molecule has 1 nitrogen and oxygen atoms in total. The average Bonchev–Trinajstić information content (AvgIpc) is 2.61. The van der Waals surface area contributed by atoms with Crippen LogP contribution in [0.15, 0.2) is 10.2 Å². The zero-order valence-electron chi connectivity index (χ0n) is 21.0. The van der Waals surface area contributed by atoms with Crippen molar-refractivity contribution in [3.63, 3.8) is 0 Å². The van der Waals surface area contributed by atoms with E-state index in [9.17, 15) is 0 Å². The third-order valence-corrected chi connectivity index (χ3v) is 21.3. The predicted molar refractivity (Wildman–Crippen MR) is 136 cm³/mol. The Morgan fingerprint density at radius 2 is 1.21 bits per heavy atom. The minimum atomic E-state index is -2.15. The molecule has 1 atom stereocenters. The molecule has 28 heavy (non-hydrogen) atoms. The number of rotatable bonds is 18. The van der Waals surface area contributed by atoms with Gasteiger partial charge in [-0.1, -0.05) is 0 Å². The van der Waals surface area contributed by atoms with Crippen molar-refractivity contribution in [2.45, 2.75) is 144 Å². The molecular formula is C25H54OSiSn. The predicted octanol–water partition coefficient (Wildman–Crippen LogP) is 9.51. The van der Waals surface area contributed by atoms with E-state index in [1.807, 2.05) is 0 Å². The fourth-order valence-electron chi connectivity index (χ4n) is 4.45. The third-order valence-electron chi connectivity index (χ3n) is 5.97. The quantitative estimate of drug-likeness (QED) is 0.130. The van der Waals surface area contributed by atoms with E-state index in [0.717, 1.165) is 6.42 Å². The first kappa shape index (κ1) is 28.7. The van der Waals surface area contributed by atoms with Gasteiger partial charge in [-0.25, -0.2) is 0 Å². The molecule has 168 valence electrons. The van der Waals surface area contributed by atoms with Gasteiger partial charge in [-0.3, -0.25) is 0 Å². The maximum absolute atomic E-state index is 6.74. The minimum absolute atomic E-state index is 0.0496. The Balaban J connectivity index is 5.33. The van der Waals surface area contributed by atoms with Crippen molar-refractivity contribution < 1.29 is 4.43 Å². The summed E-state index contributed by atoms with van der Waals surface area (Å²) < 4.78 is 14.3. The molecule has 0 aliphatic rings. The number of unbranched alkanes of at least 4 members (excludes halogenated alkanes) is 5. The van der Waals surface area contributed by atoms with Gasteiger partial charge in [-0.05, 0) is 0 Å². The van der Waals surface area contributed by atoms with Crippen molar-refractivity contribution in [2.75, 3.05) is 0 Å². The van der Waals surface area contributed by atoms with Gasteiger partial charge in [0.15, 0.2) is 0 Å². The molecule has 0 aromatic heterocycles. The van der Waals surface area contributed by atoms with Crippen molar-refractivity contribution in [3.05, 3.63) is 10.2 Å². The van der Waals surface area contributed by atoms with Crippen LogP contribution in [0.4, 0.5) is 0 Å². The van der Waals surface area contributed by atoms with Crippen LogP contribution in [-0.2, 0) is 4.43 Å². The Morgan fingerprint density at radius 1 is 0.750 bits per heavy atom. The van der Waals surface area contributed by atoms with Crippen molar-refractivity contribution in [1.82, 2.24) is 0 Å². The van der Waals surface area contributed by atoms with Crippen LogP contribution in [0, 0.1) is 0 Å². The maximum atomic E-state index is 6.74. The molecule has 0 saturated carbocycles. The Kier molecular flexibility index (Phi) is 15.9. The van der Waals surface area contributed by atoms with Gasteiger partial charge in [0.2, 0.25) is 0 Å². The second kappa shape index (κ2) is 15.5. The zero-order valence-corrected chi connectivity index (χ0v) is 24.8. The topological polar surface area (TPSA) is 9.23 Å². The monoisotopic (exact) mass is 518 g/mol. The summed E-state index contributed by atoms with van der Waals surface area (Å²) in [6, 6.07) is 0. The van der Waals surface area contributed by atoms with E-state index in [0.29, 0.717) is 0 Å². The standard InChI is InChI=1S/C13H27OSi.3C4H9.Sn/c1-7-9-10-12-13(3,11-8-2)14-15(4,5)6;3*1-3-4-2;/h2,8H,7,9-12H2,1,3-6H3;3*1,3-4H2,2H3;. The Labute approximate surface area is 184 Å². The van der Waals surface area contributed by atoms with E-state index < -0.39 is 26.7 Å². The first-order valence-electron chi connectivity index (χ1n) is 12.5. The molecule has 1 unspecified atom stereocenters. The summed E-state index contributed by atoms with van der Waals surface area (Å²) in [5.74, 6) is 0. The van der Waals surface area contributed by atoms with Crippen LogP contribution in [0.25, 0.3) is 0 Å². The van der Waals surface area contributed by atoms with Crippen molar-refractivity contribution >= 4 is 26.7 Å². The fourth-order valence-corrected chi connectivity index (χ4v) is 20.5. The van der Waals surface area contributed by atoms with Crippen LogP contribution in [0.2, 0.25) is 33.0 Å². The van der Waals surface area contributed by atoms with Crippen molar-refractivity contribution in [2.24, 2.45) is 0 Å². The Hall–Kier alpha value is 0.716. The second-order valence-corrected chi connectivity index (χ2v) is 27.8. The molecule has 0 heterocycles. The van der Waals surface area contributed by atoms with Crippen LogP contribution >= 0.6 is 0 Å². The van der Waals surface area contributed by atoms with Crippen molar-refractivity contribution in [3.8, 4) is 0 Å². The molecule has 0 aromatic rings. The Bertz CT molecular complexity index is 380. The molecule has 0 spiro atoms. The second-order valence-electron chi connectivity index (χ2n) is 10.4. The zero-order chi connectivity index (χ0) is 21.5. The average molecular weight is 518 g/mol. The van der Waals surface area contributed by atoms with Gasteiger partial charge >= 0.3 is 185 Å². The number of hydrogen-bond donors (Lipinski definition) is 0.